The number of furan rings is 1. The van der Waals surface area contributed by atoms with Crippen LogP contribution in [0.4, 0.5) is 0 Å². The molecule has 2 heterocycles. The van der Waals surface area contributed by atoms with Gasteiger partial charge >= 0.3 is 5.97 Å². The molecule has 3 fully saturated rings. The molecule has 0 bridgehead atoms. The van der Waals surface area contributed by atoms with Crippen LogP contribution in [0.1, 0.15) is 58.9 Å². The zero-order chi connectivity index (χ0) is 19.4. The Morgan fingerprint density at radius 3 is 2.78 bits per heavy atom. The minimum absolute atomic E-state index is 0.0252. The van der Waals surface area contributed by atoms with E-state index in [1.165, 1.54) is 13.2 Å². The summed E-state index contributed by atoms with van der Waals surface area (Å²) >= 11 is 0. The molecule has 0 spiro atoms. The molecule has 0 aromatic carbocycles. The van der Waals surface area contributed by atoms with Crippen molar-refractivity contribution in [1.29, 1.82) is 0 Å². The van der Waals surface area contributed by atoms with Gasteiger partial charge in [0.1, 0.15) is 12.4 Å². The van der Waals surface area contributed by atoms with Gasteiger partial charge in [-0.25, -0.2) is 0 Å². The number of fused-ring (bicyclic) bond motifs is 3. The lowest BCUT2D eigenvalue weighted by atomic mass is 9.44. The fourth-order valence-corrected chi connectivity index (χ4v) is 6.35. The van der Waals surface area contributed by atoms with E-state index in [1.54, 1.807) is 12.5 Å². The van der Waals surface area contributed by atoms with Crippen LogP contribution in [-0.2, 0) is 25.5 Å². The molecule has 148 valence electrons. The zero-order valence-electron chi connectivity index (χ0n) is 16.7. The maximum absolute atomic E-state index is 12.7. The van der Waals surface area contributed by atoms with E-state index >= 15 is 0 Å². The fraction of sp³-hybridized carbons (Fsp3) is 0.727. The van der Waals surface area contributed by atoms with E-state index in [-0.39, 0.29) is 41.0 Å². The van der Waals surface area contributed by atoms with Crippen molar-refractivity contribution in [3.8, 4) is 0 Å². The molecule has 2 saturated carbocycles. The number of aryl methyl sites for hydroxylation is 1. The van der Waals surface area contributed by atoms with Crippen LogP contribution in [0.2, 0.25) is 0 Å². The van der Waals surface area contributed by atoms with E-state index in [4.69, 9.17) is 13.9 Å². The van der Waals surface area contributed by atoms with Crippen molar-refractivity contribution in [2.45, 2.75) is 77.6 Å². The van der Waals surface area contributed by atoms with Gasteiger partial charge in [-0.15, -0.1) is 0 Å². The van der Waals surface area contributed by atoms with Crippen molar-refractivity contribution in [1.82, 2.24) is 0 Å². The van der Waals surface area contributed by atoms with Crippen LogP contribution in [0.15, 0.2) is 23.0 Å². The van der Waals surface area contributed by atoms with Gasteiger partial charge in [-0.05, 0) is 56.6 Å². The van der Waals surface area contributed by atoms with E-state index in [9.17, 15) is 9.59 Å². The zero-order valence-corrected chi connectivity index (χ0v) is 16.7. The molecule has 7 unspecified atom stereocenters. The van der Waals surface area contributed by atoms with Crippen molar-refractivity contribution in [3.05, 3.63) is 24.2 Å². The van der Waals surface area contributed by atoms with E-state index in [1.807, 2.05) is 6.07 Å². The Morgan fingerprint density at radius 2 is 2.15 bits per heavy atom. The lowest BCUT2D eigenvalue weighted by molar-refractivity contribution is -0.186. The summed E-state index contributed by atoms with van der Waals surface area (Å²) in [5, 5.41) is 0. The molecule has 1 aromatic rings. The second-order valence-corrected chi connectivity index (χ2v) is 9.26. The van der Waals surface area contributed by atoms with Gasteiger partial charge in [0, 0.05) is 23.7 Å². The molecule has 1 aromatic heterocycles. The van der Waals surface area contributed by atoms with E-state index < -0.39 is 5.41 Å². The van der Waals surface area contributed by atoms with Gasteiger partial charge in [0.15, 0.2) is 0 Å². The highest BCUT2D eigenvalue weighted by molar-refractivity contribution is 5.67. The molecule has 27 heavy (non-hydrogen) atoms. The quantitative estimate of drug-likeness (QED) is 0.443. The molecule has 3 aliphatic rings. The van der Waals surface area contributed by atoms with Crippen LogP contribution in [0, 0.1) is 22.7 Å². The monoisotopic (exact) mass is 374 g/mol. The van der Waals surface area contributed by atoms with E-state index in [0.29, 0.717) is 0 Å². The molecule has 5 nitrogen and oxygen atoms in total. The number of hydrogen-bond acceptors (Lipinski definition) is 5. The summed E-state index contributed by atoms with van der Waals surface area (Å²) in [4.78, 5) is 24.5. The van der Waals surface area contributed by atoms with Gasteiger partial charge in [-0.1, -0.05) is 13.8 Å². The first-order valence-electron chi connectivity index (χ1n) is 10.1. The number of ether oxygens (including phenoxy) is 2. The van der Waals surface area contributed by atoms with E-state index in [2.05, 4.69) is 20.8 Å². The Kier molecular flexibility index (Phi) is 4.30. The molecule has 0 amide bonds. The van der Waals surface area contributed by atoms with Gasteiger partial charge in [-0.3, -0.25) is 4.79 Å². The van der Waals surface area contributed by atoms with Crippen LogP contribution in [-0.4, -0.2) is 30.1 Å². The maximum atomic E-state index is 12.7. The van der Waals surface area contributed by atoms with E-state index in [0.717, 1.165) is 37.7 Å². The minimum Gasteiger partial charge on any atom is -0.472 e. The number of epoxide rings is 1. The first-order chi connectivity index (χ1) is 12.8. The Labute approximate surface area is 160 Å². The van der Waals surface area contributed by atoms with Gasteiger partial charge < -0.3 is 18.7 Å². The number of carbonyl (C=O) groups is 2. The third kappa shape index (κ3) is 2.61. The molecule has 4 rings (SSSR count). The molecular formula is C22H30O5. The fourth-order valence-electron chi connectivity index (χ4n) is 6.35. The van der Waals surface area contributed by atoms with Gasteiger partial charge in [0.25, 0.3) is 0 Å². The van der Waals surface area contributed by atoms with Crippen molar-refractivity contribution in [2.24, 2.45) is 22.7 Å². The molecule has 5 heteroatoms. The lowest BCUT2D eigenvalue weighted by Gasteiger charge is -2.59. The lowest BCUT2D eigenvalue weighted by Crippen LogP contribution is -2.62. The Bertz CT molecular complexity index is 727. The normalized spacial score (nSPS) is 45.5. The molecule has 0 N–H and O–H groups in total. The van der Waals surface area contributed by atoms with Crippen molar-refractivity contribution < 1.29 is 23.5 Å². The number of rotatable bonds is 5. The average Bonchev–Trinajstić information content (AvgIpc) is 3.05. The second-order valence-electron chi connectivity index (χ2n) is 9.26. The Hall–Kier alpha value is -1.62. The maximum Gasteiger partial charge on any atom is 0.302 e. The van der Waals surface area contributed by atoms with Crippen LogP contribution in [0.3, 0.4) is 0 Å². The highest BCUT2D eigenvalue weighted by Crippen LogP contribution is 2.70. The summed E-state index contributed by atoms with van der Waals surface area (Å²) in [6.07, 6.45) is 8.84. The molecule has 0 radical (unpaired) electrons. The number of carbonyl (C=O) groups excluding carboxylic acids is 2. The van der Waals surface area contributed by atoms with Crippen LogP contribution < -0.4 is 0 Å². The van der Waals surface area contributed by atoms with Gasteiger partial charge in [0.2, 0.25) is 0 Å². The first-order valence-corrected chi connectivity index (χ1v) is 10.1. The highest BCUT2D eigenvalue weighted by Gasteiger charge is 2.74. The highest BCUT2D eigenvalue weighted by atomic mass is 16.6. The third-order valence-electron chi connectivity index (χ3n) is 8.21. The van der Waals surface area contributed by atoms with Crippen molar-refractivity contribution >= 4 is 12.3 Å². The third-order valence-corrected chi connectivity index (χ3v) is 8.21. The minimum atomic E-state index is -0.537. The largest absolute Gasteiger partial charge is 0.472 e. The summed E-state index contributed by atoms with van der Waals surface area (Å²) in [5.74, 6) is -0.0829. The molecule has 2 aliphatic carbocycles. The standard InChI is InChI=1S/C22H30O5/c1-14-17(26-15(2)24)11-20(3)18(5-6-19-21(20,4)27-19)22(14,13-23)9-7-16-8-10-25-12-16/h8,10,12-14,17-19H,5-7,9,11H2,1-4H3. The second kappa shape index (κ2) is 6.20. The Balaban J connectivity index is 1.73. The van der Waals surface area contributed by atoms with Crippen LogP contribution >= 0.6 is 0 Å². The van der Waals surface area contributed by atoms with Gasteiger partial charge in [-0.2, -0.15) is 0 Å². The van der Waals surface area contributed by atoms with Crippen molar-refractivity contribution in [3.63, 3.8) is 0 Å². The predicted molar refractivity (Wildman–Crippen MR) is 99.0 cm³/mol. The van der Waals surface area contributed by atoms with Crippen LogP contribution in [0.25, 0.3) is 0 Å². The summed E-state index contributed by atoms with van der Waals surface area (Å²) in [5.41, 5.74) is 0.157. The summed E-state index contributed by atoms with van der Waals surface area (Å²) in [7, 11) is 0. The molecule has 7 atom stereocenters. The molecular weight excluding hydrogens is 344 g/mol. The number of aldehydes is 1. The summed E-state index contributed by atoms with van der Waals surface area (Å²) in [6, 6.07) is 1.96. The molecule has 1 saturated heterocycles. The summed E-state index contributed by atoms with van der Waals surface area (Å²) in [6.45, 7) is 7.96. The first kappa shape index (κ1) is 18.7. The number of esters is 1. The predicted octanol–water partition coefficient (Wildman–Crippen LogP) is 3.94. The summed E-state index contributed by atoms with van der Waals surface area (Å²) < 4.78 is 17.1. The van der Waals surface area contributed by atoms with Crippen molar-refractivity contribution in [2.75, 3.05) is 0 Å². The topological polar surface area (TPSA) is 69.0 Å². The molecule has 1 aliphatic heterocycles. The van der Waals surface area contributed by atoms with Crippen LogP contribution in [0.5, 0.6) is 0 Å². The Morgan fingerprint density at radius 1 is 1.37 bits per heavy atom. The SMILES string of the molecule is CC(=O)OC1CC2(C)C(CCC3OC32C)C(C=O)(CCc2ccoc2)C1C. The van der Waals surface area contributed by atoms with Gasteiger partial charge in [0.05, 0.1) is 24.2 Å². The smallest absolute Gasteiger partial charge is 0.302 e. The number of hydrogen-bond donors (Lipinski definition) is 0. The average molecular weight is 374 g/mol.